The van der Waals surface area contributed by atoms with Crippen molar-refractivity contribution < 1.29 is 19.7 Å². The molecule has 1 aromatic rings. The standard InChI is InChI=1S/C20H32O4/c1-13-5-10-18(22)19(14(2)11-21)15(3)20(13)24-12-16-6-8-17(23-4)9-7-16/h6-9,13-15,18-22H,5,10-12H2,1-4H3/t13-,14-,15+,18+,19-,20-/m0/s1. The molecular formula is C20H32O4. The van der Waals surface area contributed by atoms with E-state index in [2.05, 4.69) is 13.8 Å². The summed E-state index contributed by atoms with van der Waals surface area (Å²) in [7, 11) is 1.66. The van der Waals surface area contributed by atoms with Gasteiger partial charge in [-0.2, -0.15) is 0 Å². The first-order chi connectivity index (χ1) is 11.5. The van der Waals surface area contributed by atoms with Crippen molar-refractivity contribution >= 4 is 0 Å². The Morgan fingerprint density at radius 2 is 1.83 bits per heavy atom. The molecule has 1 aliphatic carbocycles. The van der Waals surface area contributed by atoms with E-state index in [-0.39, 0.29) is 36.6 Å². The third-order valence-corrected chi connectivity index (χ3v) is 5.59. The van der Waals surface area contributed by atoms with Crippen molar-refractivity contribution in [1.82, 2.24) is 0 Å². The second-order valence-corrected chi connectivity index (χ2v) is 7.34. The molecule has 4 nitrogen and oxygen atoms in total. The van der Waals surface area contributed by atoms with Crippen LogP contribution in [0.15, 0.2) is 24.3 Å². The SMILES string of the molecule is COc1ccc(CO[C@@H]2[C@H](C)[C@H]([C@@H](C)CO)[C@H](O)CC[C@@H]2C)cc1. The number of ether oxygens (including phenoxy) is 2. The number of hydrogen-bond donors (Lipinski definition) is 2. The van der Waals surface area contributed by atoms with E-state index in [0.29, 0.717) is 12.5 Å². The molecule has 0 bridgehead atoms. The predicted octanol–water partition coefficient (Wildman–Crippen LogP) is 3.25. The van der Waals surface area contributed by atoms with Gasteiger partial charge in [-0.3, -0.25) is 0 Å². The maximum Gasteiger partial charge on any atom is 0.118 e. The second kappa shape index (κ2) is 8.84. The highest BCUT2D eigenvalue weighted by Gasteiger charge is 2.40. The highest BCUT2D eigenvalue weighted by atomic mass is 16.5. The van der Waals surface area contributed by atoms with Crippen LogP contribution in [0.2, 0.25) is 0 Å². The molecular weight excluding hydrogens is 304 g/mol. The predicted molar refractivity (Wildman–Crippen MR) is 94.9 cm³/mol. The van der Waals surface area contributed by atoms with Crippen LogP contribution in [0, 0.1) is 23.7 Å². The number of aliphatic hydroxyl groups excluding tert-OH is 2. The van der Waals surface area contributed by atoms with Crippen LogP contribution < -0.4 is 4.74 Å². The van der Waals surface area contributed by atoms with E-state index < -0.39 is 0 Å². The first-order valence-electron chi connectivity index (χ1n) is 9.01. The smallest absolute Gasteiger partial charge is 0.118 e. The zero-order valence-electron chi connectivity index (χ0n) is 15.3. The molecule has 0 amide bonds. The summed E-state index contributed by atoms with van der Waals surface area (Å²) in [5, 5.41) is 20.1. The summed E-state index contributed by atoms with van der Waals surface area (Å²) < 4.78 is 11.5. The quantitative estimate of drug-likeness (QED) is 0.783. The summed E-state index contributed by atoms with van der Waals surface area (Å²) in [6.07, 6.45) is 1.46. The molecule has 1 fully saturated rings. The van der Waals surface area contributed by atoms with E-state index in [4.69, 9.17) is 9.47 Å². The van der Waals surface area contributed by atoms with Gasteiger partial charge in [0.1, 0.15) is 5.75 Å². The van der Waals surface area contributed by atoms with Crippen molar-refractivity contribution in [3.8, 4) is 5.75 Å². The van der Waals surface area contributed by atoms with Crippen molar-refractivity contribution in [1.29, 1.82) is 0 Å². The molecule has 24 heavy (non-hydrogen) atoms. The van der Waals surface area contributed by atoms with Crippen molar-refractivity contribution in [2.75, 3.05) is 13.7 Å². The summed E-state index contributed by atoms with van der Waals surface area (Å²) in [6.45, 7) is 7.03. The first kappa shape index (κ1) is 19.2. The molecule has 4 heteroatoms. The highest BCUT2D eigenvalue weighted by Crippen LogP contribution is 2.38. The van der Waals surface area contributed by atoms with Crippen LogP contribution in [0.1, 0.15) is 39.2 Å². The number of hydrogen-bond acceptors (Lipinski definition) is 4. The zero-order chi connectivity index (χ0) is 17.7. The first-order valence-corrected chi connectivity index (χ1v) is 9.01. The van der Waals surface area contributed by atoms with Gasteiger partial charge in [-0.05, 0) is 54.2 Å². The van der Waals surface area contributed by atoms with Gasteiger partial charge in [-0.25, -0.2) is 0 Å². The van der Waals surface area contributed by atoms with E-state index in [1.54, 1.807) is 7.11 Å². The van der Waals surface area contributed by atoms with Gasteiger partial charge in [0, 0.05) is 6.61 Å². The van der Waals surface area contributed by atoms with E-state index in [0.717, 1.165) is 24.2 Å². The van der Waals surface area contributed by atoms with Gasteiger partial charge in [0.25, 0.3) is 0 Å². The lowest BCUT2D eigenvalue weighted by molar-refractivity contribution is -0.0634. The van der Waals surface area contributed by atoms with Crippen molar-refractivity contribution in [2.45, 2.75) is 52.4 Å². The van der Waals surface area contributed by atoms with Gasteiger partial charge in [0.2, 0.25) is 0 Å². The molecule has 136 valence electrons. The van der Waals surface area contributed by atoms with E-state index >= 15 is 0 Å². The minimum absolute atomic E-state index is 0.0702. The van der Waals surface area contributed by atoms with Crippen LogP contribution in [0.25, 0.3) is 0 Å². The largest absolute Gasteiger partial charge is 0.497 e. The average molecular weight is 336 g/mol. The van der Waals surface area contributed by atoms with Gasteiger partial charge in [-0.15, -0.1) is 0 Å². The van der Waals surface area contributed by atoms with Gasteiger partial charge in [-0.1, -0.05) is 32.9 Å². The fourth-order valence-corrected chi connectivity index (χ4v) is 4.13. The van der Waals surface area contributed by atoms with Gasteiger partial charge >= 0.3 is 0 Å². The molecule has 0 radical (unpaired) electrons. The number of benzene rings is 1. The number of aliphatic hydroxyl groups is 2. The second-order valence-electron chi connectivity index (χ2n) is 7.34. The van der Waals surface area contributed by atoms with Crippen LogP contribution in [0.5, 0.6) is 5.75 Å². The minimum atomic E-state index is -0.362. The molecule has 0 aromatic heterocycles. The van der Waals surface area contributed by atoms with Crippen molar-refractivity contribution in [2.24, 2.45) is 23.7 Å². The fourth-order valence-electron chi connectivity index (χ4n) is 4.13. The molecule has 2 rings (SSSR count). The topological polar surface area (TPSA) is 58.9 Å². The lowest BCUT2D eigenvalue weighted by Gasteiger charge is -2.36. The lowest BCUT2D eigenvalue weighted by atomic mass is 9.77. The summed E-state index contributed by atoms with van der Waals surface area (Å²) >= 11 is 0. The van der Waals surface area contributed by atoms with Crippen molar-refractivity contribution in [3.63, 3.8) is 0 Å². The maximum absolute atomic E-state index is 10.5. The Hall–Kier alpha value is -1.10. The van der Waals surface area contributed by atoms with Gasteiger partial charge < -0.3 is 19.7 Å². The Balaban J connectivity index is 2.07. The third-order valence-electron chi connectivity index (χ3n) is 5.59. The minimum Gasteiger partial charge on any atom is -0.497 e. The Bertz CT molecular complexity index is 487. The molecule has 1 aliphatic rings. The Morgan fingerprint density at radius 1 is 1.17 bits per heavy atom. The summed E-state index contributed by atoms with van der Waals surface area (Å²) in [6, 6.07) is 7.93. The summed E-state index contributed by atoms with van der Waals surface area (Å²) in [5.41, 5.74) is 1.12. The molecule has 0 unspecified atom stereocenters. The molecule has 1 saturated carbocycles. The van der Waals surface area contributed by atoms with E-state index in [1.165, 1.54) is 0 Å². The summed E-state index contributed by atoms with van der Waals surface area (Å²) in [5.74, 6) is 1.59. The molecule has 1 aromatic carbocycles. The van der Waals surface area contributed by atoms with Crippen LogP contribution >= 0.6 is 0 Å². The van der Waals surface area contributed by atoms with Gasteiger partial charge in [0.15, 0.2) is 0 Å². The highest BCUT2D eigenvalue weighted by molar-refractivity contribution is 5.26. The Kier molecular flexibility index (Phi) is 7.08. The van der Waals surface area contributed by atoms with Crippen LogP contribution in [0.3, 0.4) is 0 Å². The third kappa shape index (κ3) is 4.50. The van der Waals surface area contributed by atoms with Crippen molar-refractivity contribution in [3.05, 3.63) is 29.8 Å². The molecule has 0 aliphatic heterocycles. The molecule has 6 atom stereocenters. The van der Waals surface area contributed by atoms with Crippen LogP contribution in [0.4, 0.5) is 0 Å². The average Bonchev–Trinajstić information content (AvgIpc) is 2.70. The number of methoxy groups -OCH3 is 1. The number of rotatable bonds is 6. The van der Waals surface area contributed by atoms with Crippen LogP contribution in [-0.4, -0.2) is 36.1 Å². The molecule has 0 spiro atoms. The van der Waals surface area contributed by atoms with E-state index in [9.17, 15) is 10.2 Å². The normalized spacial score (nSPS) is 32.2. The molecule has 0 saturated heterocycles. The summed E-state index contributed by atoms with van der Waals surface area (Å²) in [4.78, 5) is 0. The van der Waals surface area contributed by atoms with Gasteiger partial charge in [0.05, 0.1) is 25.9 Å². The fraction of sp³-hybridized carbons (Fsp3) is 0.700. The maximum atomic E-state index is 10.5. The van der Waals surface area contributed by atoms with E-state index in [1.807, 2.05) is 31.2 Å². The lowest BCUT2D eigenvalue weighted by Crippen LogP contribution is -2.39. The zero-order valence-corrected chi connectivity index (χ0v) is 15.3. The van der Waals surface area contributed by atoms with Crippen LogP contribution in [-0.2, 0) is 11.3 Å². The molecule has 0 heterocycles. The molecule has 2 N–H and O–H groups in total. The Labute approximate surface area is 145 Å². The Morgan fingerprint density at radius 3 is 2.42 bits per heavy atom. The monoisotopic (exact) mass is 336 g/mol.